The molecule has 0 amide bonds. The number of hydrogen-bond donors (Lipinski definition) is 0. The maximum absolute atomic E-state index is 11.4. The standard InChI is InChI=1S/C7H12ClNO2S/c8-4-7-12(10,11)9-5-2-1-3-6-9/h1-2H,3-7H2. The average Bonchev–Trinajstić information content (AvgIpc) is 2.06. The van der Waals surface area contributed by atoms with Crippen LogP contribution in [0.25, 0.3) is 0 Å². The van der Waals surface area contributed by atoms with Crippen LogP contribution >= 0.6 is 11.6 Å². The molecule has 1 heterocycles. The van der Waals surface area contributed by atoms with Crippen molar-refractivity contribution >= 4 is 21.6 Å². The van der Waals surface area contributed by atoms with E-state index in [1.807, 2.05) is 12.2 Å². The summed E-state index contributed by atoms with van der Waals surface area (Å²) in [4.78, 5) is 0. The van der Waals surface area contributed by atoms with Crippen molar-refractivity contribution in [1.82, 2.24) is 4.31 Å². The van der Waals surface area contributed by atoms with Gasteiger partial charge in [-0.2, -0.15) is 4.31 Å². The Balaban J connectivity index is 2.62. The normalized spacial score (nSPS) is 19.8. The topological polar surface area (TPSA) is 37.4 Å². The van der Waals surface area contributed by atoms with Crippen molar-refractivity contribution in [3.05, 3.63) is 12.2 Å². The first kappa shape index (κ1) is 10.0. The first-order valence-electron chi connectivity index (χ1n) is 3.85. The summed E-state index contributed by atoms with van der Waals surface area (Å²) >= 11 is 5.38. The van der Waals surface area contributed by atoms with Crippen LogP contribution in [0.3, 0.4) is 0 Å². The molecule has 70 valence electrons. The van der Waals surface area contributed by atoms with Gasteiger partial charge >= 0.3 is 0 Å². The number of nitrogens with zero attached hydrogens (tertiary/aromatic N) is 1. The molecule has 0 saturated carbocycles. The van der Waals surface area contributed by atoms with E-state index in [-0.39, 0.29) is 11.6 Å². The van der Waals surface area contributed by atoms with E-state index in [9.17, 15) is 8.42 Å². The number of halogens is 1. The lowest BCUT2D eigenvalue weighted by atomic mass is 10.3. The second-order valence-corrected chi connectivity index (χ2v) is 5.09. The van der Waals surface area contributed by atoms with Crippen LogP contribution in [0.1, 0.15) is 6.42 Å². The summed E-state index contributed by atoms with van der Waals surface area (Å²) in [6.07, 6.45) is 4.67. The van der Waals surface area contributed by atoms with Gasteiger partial charge in [0.1, 0.15) is 0 Å². The van der Waals surface area contributed by atoms with E-state index < -0.39 is 10.0 Å². The minimum atomic E-state index is -3.08. The number of rotatable bonds is 3. The van der Waals surface area contributed by atoms with Crippen LogP contribution in [0, 0.1) is 0 Å². The summed E-state index contributed by atoms with van der Waals surface area (Å²) in [6.45, 7) is 1.09. The summed E-state index contributed by atoms with van der Waals surface area (Å²) in [5, 5.41) is 0. The zero-order valence-electron chi connectivity index (χ0n) is 6.74. The molecule has 0 fully saturated rings. The molecule has 0 aromatic heterocycles. The number of alkyl halides is 1. The van der Waals surface area contributed by atoms with Gasteiger partial charge in [-0.05, 0) is 6.42 Å². The van der Waals surface area contributed by atoms with E-state index in [4.69, 9.17) is 11.6 Å². The molecule has 0 aromatic rings. The lowest BCUT2D eigenvalue weighted by Crippen LogP contribution is -2.35. The van der Waals surface area contributed by atoms with Crippen molar-refractivity contribution in [2.45, 2.75) is 6.42 Å². The van der Waals surface area contributed by atoms with E-state index in [0.717, 1.165) is 6.42 Å². The highest BCUT2D eigenvalue weighted by molar-refractivity contribution is 7.89. The van der Waals surface area contributed by atoms with E-state index in [1.54, 1.807) is 0 Å². The van der Waals surface area contributed by atoms with Gasteiger partial charge in [0.25, 0.3) is 0 Å². The first-order valence-corrected chi connectivity index (χ1v) is 6.00. The summed E-state index contributed by atoms with van der Waals surface area (Å²) < 4.78 is 24.3. The summed E-state index contributed by atoms with van der Waals surface area (Å²) in [5.74, 6) is 0.213. The van der Waals surface area contributed by atoms with Crippen LogP contribution in [-0.2, 0) is 10.0 Å². The van der Waals surface area contributed by atoms with Crippen LogP contribution in [0.2, 0.25) is 0 Å². The van der Waals surface area contributed by atoms with Crippen molar-refractivity contribution in [2.75, 3.05) is 24.7 Å². The second kappa shape index (κ2) is 4.25. The summed E-state index contributed by atoms with van der Waals surface area (Å²) in [7, 11) is -3.08. The third kappa shape index (κ3) is 2.47. The average molecular weight is 210 g/mol. The molecule has 0 spiro atoms. The Morgan fingerprint density at radius 2 is 2.17 bits per heavy atom. The molecule has 0 atom stereocenters. The maximum atomic E-state index is 11.4. The maximum Gasteiger partial charge on any atom is 0.215 e. The van der Waals surface area contributed by atoms with Gasteiger partial charge in [-0.15, -0.1) is 11.6 Å². The van der Waals surface area contributed by atoms with Gasteiger partial charge in [0.15, 0.2) is 0 Å². The van der Waals surface area contributed by atoms with E-state index >= 15 is 0 Å². The van der Waals surface area contributed by atoms with Crippen molar-refractivity contribution in [1.29, 1.82) is 0 Å². The van der Waals surface area contributed by atoms with Crippen molar-refractivity contribution in [3.63, 3.8) is 0 Å². The highest BCUT2D eigenvalue weighted by Crippen LogP contribution is 2.08. The molecule has 0 aromatic carbocycles. The smallest absolute Gasteiger partial charge is 0.212 e. The van der Waals surface area contributed by atoms with Gasteiger partial charge in [0, 0.05) is 19.0 Å². The Morgan fingerprint density at radius 1 is 1.42 bits per heavy atom. The van der Waals surface area contributed by atoms with Crippen LogP contribution in [0.5, 0.6) is 0 Å². The zero-order chi connectivity index (χ0) is 9.03. The largest absolute Gasteiger partial charge is 0.215 e. The Labute approximate surface area is 78.1 Å². The highest BCUT2D eigenvalue weighted by atomic mass is 35.5. The Hall–Kier alpha value is -0.0600. The molecule has 0 N–H and O–H groups in total. The third-order valence-electron chi connectivity index (χ3n) is 1.75. The second-order valence-electron chi connectivity index (χ2n) is 2.62. The van der Waals surface area contributed by atoms with Crippen LogP contribution in [0.4, 0.5) is 0 Å². The van der Waals surface area contributed by atoms with Crippen molar-refractivity contribution < 1.29 is 8.42 Å². The van der Waals surface area contributed by atoms with Crippen LogP contribution in [-0.4, -0.2) is 37.4 Å². The molecule has 5 heteroatoms. The van der Waals surface area contributed by atoms with Gasteiger partial charge in [0.05, 0.1) is 5.75 Å². The zero-order valence-corrected chi connectivity index (χ0v) is 8.31. The molecular weight excluding hydrogens is 198 g/mol. The van der Waals surface area contributed by atoms with Gasteiger partial charge in [-0.1, -0.05) is 12.2 Å². The quantitative estimate of drug-likeness (QED) is 0.510. The number of sulfonamides is 1. The van der Waals surface area contributed by atoms with E-state index in [0.29, 0.717) is 13.1 Å². The van der Waals surface area contributed by atoms with E-state index in [1.165, 1.54) is 4.31 Å². The lowest BCUT2D eigenvalue weighted by molar-refractivity contribution is 0.439. The Bertz CT molecular complexity index is 261. The molecule has 0 saturated heterocycles. The van der Waals surface area contributed by atoms with Gasteiger partial charge in [0.2, 0.25) is 10.0 Å². The summed E-state index contributed by atoms with van der Waals surface area (Å²) in [5.41, 5.74) is 0. The molecule has 0 unspecified atom stereocenters. The predicted molar refractivity (Wildman–Crippen MR) is 49.8 cm³/mol. The summed E-state index contributed by atoms with van der Waals surface area (Å²) in [6, 6.07) is 0. The molecular formula is C7H12ClNO2S. The fourth-order valence-electron chi connectivity index (χ4n) is 1.10. The Morgan fingerprint density at radius 3 is 2.67 bits per heavy atom. The molecule has 1 aliphatic heterocycles. The number of hydrogen-bond acceptors (Lipinski definition) is 2. The predicted octanol–water partition coefficient (Wildman–Crippen LogP) is 0.817. The third-order valence-corrected chi connectivity index (χ3v) is 4.00. The van der Waals surface area contributed by atoms with Gasteiger partial charge in [-0.3, -0.25) is 0 Å². The van der Waals surface area contributed by atoms with Crippen LogP contribution in [0.15, 0.2) is 12.2 Å². The van der Waals surface area contributed by atoms with Gasteiger partial charge < -0.3 is 0 Å². The molecule has 1 rings (SSSR count). The SMILES string of the molecule is O=S(=O)(CCCl)N1CC=CCC1. The Kier molecular flexibility index (Phi) is 3.55. The van der Waals surface area contributed by atoms with Crippen molar-refractivity contribution in [2.24, 2.45) is 0 Å². The minimum Gasteiger partial charge on any atom is -0.212 e. The highest BCUT2D eigenvalue weighted by Gasteiger charge is 2.20. The molecule has 12 heavy (non-hydrogen) atoms. The first-order chi connectivity index (χ1) is 5.67. The molecule has 1 aliphatic rings. The van der Waals surface area contributed by atoms with Crippen molar-refractivity contribution in [3.8, 4) is 0 Å². The molecule has 3 nitrogen and oxygen atoms in total. The molecule has 0 bridgehead atoms. The fourth-order valence-corrected chi connectivity index (χ4v) is 2.83. The van der Waals surface area contributed by atoms with Gasteiger partial charge in [-0.25, -0.2) is 8.42 Å². The minimum absolute atomic E-state index is 0.0440. The van der Waals surface area contributed by atoms with Crippen LogP contribution < -0.4 is 0 Å². The monoisotopic (exact) mass is 209 g/mol. The lowest BCUT2D eigenvalue weighted by Gasteiger charge is -2.21. The van der Waals surface area contributed by atoms with E-state index in [2.05, 4.69) is 0 Å². The molecule has 0 radical (unpaired) electrons. The fraction of sp³-hybridized carbons (Fsp3) is 0.714. The molecule has 0 aliphatic carbocycles.